The van der Waals surface area contributed by atoms with Crippen molar-refractivity contribution in [3.8, 4) is 0 Å². The molecule has 136 valence electrons. The second-order valence-electron chi connectivity index (χ2n) is 6.20. The van der Waals surface area contributed by atoms with E-state index in [1.807, 2.05) is 0 Å². The molecule has 1 saturated heterocycles. The quantitative estimate of drug-likeness (QED) is 0.828. The van der Waals surface area contributed by atoms with Gasteiger partial charge in [0.25, 0.3) is 0 Å². The summed E-state index contributed by atoms with van der Waals surface area (Å²) in [6.45, 7) is 4.20. The lowest BCUT2D eigenvalue weighted by Crippen LogP contribution is -2.47. The van der Waals surface area contributed by atoms with Crippen molar-refractivity contribution < 1.29 is 27.5 Å². The number of alkyl halides is 3. The molecule has 0 aliphatic carbocycles. The Hall–Kier alpha value is -1.54. The Labute approximate surface area is 138 Å². The summed E-state index contributed by atoms with van der Waals surface area (Å²) in [4.78, 5) is 14.1. The van der Waals surface area contributed by atoms with Crippen molar-refractivity contribution in [2.24, 2.45) is 0 Å². The molecule has 1 aliphatic heterocycles. The minimum absolute atomic E-state index is 0.234. The highest BCUT2D eigenvalue weighted by Gasteiger charge is 2.58. The third-order valence-electron chi connectivity index (χ3n) is 4.23. The number of halogens is 3. The molecule has 2 N–H and O–H groups in total. The normalized spacial score (nSPS) is 19.0. The van der Waals surface area contributed by atoms with Gasteiger partial charge in [-0.2, -0.15) is 13.2 Å². The fourth-order valence-electron chi connectivity index (χ4n) is 2.82. The summed E-state index contributed by atoms with van der Waals surface area (Å²) in [5.41, 5.74) is -3.32. The Kier molecular flexibility index (Phi) is 5.92. The summed E-state index contributed by atoms with van der Waals surface area (Å²) in [5.74, 6) is -1.29. The van der Waals surface area contributed by atoms with E-state index in [0.29, 0.717) is 6.54 Å². The average Bonchev–Trinajstić information content (AvgIpc) is 2.94. The first-order valence-corrected chi connectivity index (χ1v) is 8.07. The summed E-state index contributed by atoms with van der Waals surface area (Å²) in [5, 5.41) is 12.5. The predicted molar refractivity (Wildman–Crippen MR) is 81.3 cm³/mol. The second-order valence-corrected chi connectivity index (χ2v) is 6.20. The van der Waals surface area contributed by atoms with E-state index < -0.39 is 29.9 Å². The van der Waals surface area contributed by atoms with Gasteiger partial charge in [0, 0.05) is 13.1 Å². The fourth-order valence-corrected chi connectivity index (χ4v) is 2.82. The molecule has 1 atom stereocenters. The van der Waals surface area contributed by atoms with E-state index in [1.54, 1.807) is 0 Å². The molecule has 5 nitrogen and oxygen atoms in total. The number of aryl methyl sites for hydroxylation is 1. The molecule has 1 amide bonds. The van der Waals surface area contributed by atoms with Crippen LogP contribution in [0.3, 0.4) is 0 Å². The highest BCUT2D eigenvalue weighted by Crippen LogP contribution is 2.42. The number of carbonyl (C=O) groups excluding carboxylic acids is 1. The van der Waals surface area contributed by atoms with Gasteiger partial charge in [0.1, 0.15) is 11.5 Å². The van der Waals surface area contributed by atoms with Crippen molar-refractivity contribution >= 4 is 5.91 Å². The van der Waals surface area contributed by atoms with Crippen LogP contribution in [0, 0.1) is 6.92 Å². The molecule has 0 spiro atoms. The summed E-state index contributed by atoms with van der Waals surface area (Å²) in [6, 6.07) is 2.37. The molecular formula is C16H23F3N2O3. The molecule has 1 unspecified atom stereocenters. The Morgan fingerprint density at radius 1 is 1.29 bits per heavy atom. The summed E-state index contributed by atoms with van der Waals surface area (Å²) in [6.07, 6.45) is -2.76. The molecule has 2 heterocycles. The van der Waals surface area contributed by atoms with Crippen molar-refractivity contribution in [2.75, 3.05) is 26.2 Å². The van der Waals surface area contributed by atoms with Crippen LogP contribution in [-0.4, -0.2) is 48.3 Å². The van der Waals surface area contributed by atoms with E-state index in [0.717, 1.165) is 32.0 Å². The summed E-state index contributed by atoms with van der Waals surface area (Å²) in [7, 11) is 0. The number of aliphatic hydroxyl groups is 1. The molecule has 1 aliphatic rings. The first kappa shape index (κ1) is 18.8. The number of furan rings is 1. The van der Waals surface area contributed by atoms with Gasteiger partial charge < -0.3 is 19.7 Å². The maximum Gasteiger partial charge on any atom is 0.425 e. The smallest absolute Gasteiger partial charge is 0.425 e. The van der Waals surface area contributed by atoms with E-state index in [9.17, 15) is 23.1 Å². The van der Waals surface area contributed by atoms with Gasteiger partial charge in [0.2, 0.25) is 11.5 Å². The number of piperidine rings is 1. The minimum Gasteiger partial charge on any atom is -0.463 e. The van der Waals surface area contributed by atoms with Crippen LogP contribution in [0.5, 0.6) is 0 Å². The third-order valence-corrected chi connectivity index (χ3v) is 4.23. The van der Waals surface area contributed by atoms with Gasteiger partial charge in [-0.3, -0.25) is 4.79 Å². The minimum atomic E-state index is -5.01. The third kappa shape index (κ3) is 4.51. The Bertz CT molecular complexity index is 553. The zero-order chi connectivity index (χ0) is 17.8. The van der Waals surface area contributed by atoms with Crippen LogP contribution >= 0.6 is 0 Å². The molecule has 24 heavy (non-hydrogen) atoms. The Balaban J connectivity index is 1.93. The monoisotopic (exact) mass is 348 g/mol. The zero-order valence-electron chi connectivity index (χ0n) is 13.7. The van der Waals surface area contributed by atoms with Crippen LogP contribution in [0.15, 0.2) is 16.5 Å². The van der Waals surface area contributed by atoms with E-state index in [-0.39, 0.29) is 12.3 Å². The van der Waals surface area contributed by atoms with Crippen LogP contribution in [-0.2, 0) is 10.4 Å². The van der Waals surface area contributed by atoms with Crippen molar-refractivity contribution in [2.45, 2.75) is 44.4 Å². The van der Waals surface area contributed by atoms with Gasteiger partial charge in [0.05, 0.1) is 6.42 Å². The maximum atomic E-state index is 13.3. The van der Waals surface area contributed by atoms with Crippen LogP contribution in [0.4, 0.5) is 13.2 Å². The second kappa shape index (κ2) is 7.57. The van der Waals surface area contributed by atoms with E-state index in [4.69, 9.17) is 4.42 Å². The average molecular weight is 348 g/mol. The molecule has 1 aromatic heterocycles. The van der Waals surface area contributed by atoms with Crippen LogP contribution in [0.1, 0.15) is 37.2 Å². The first-order valence-electron chi connectivity index (χ1n) is 8.07. The van der Waals surface area contributed by atoms with E-state index >= 15 is 0 Å². The number of amides is 1. The molecule has 2 rings (SSSR count). The van der Waals surface area contributed by atoms with Gasteiger partial charge in [-0.15, -0.1) is 0 Å². The van der Waals surface area contributed by atoms with E-state index in [1.165, 1.54) is 19.4 Å². The number of hydrogen-bond acceptors (Lipinski definition) is 4. The number of nitrogens with zero attached hydrogens (tertiary/aromatic N) is 1. The SMILES string of the molecule is Cc1ccc(C(O)(CC(=O)NCCN2CCCCC2)C(F)(F)F)o1. The van der Waals surface area contributed by atoms with Crippen molar-refractivity contribution in [1.82, 2.24) is 10.2 Å². The molecular weight excluding hydrogens is 325 g/mol. The lowest BCUT2D eigenvalue weighted by Gasteiger charge is -2.29. The standard InChI is InChI=1S/C16H23F3N2O3/c1-12-5-6-13(24-12)15(23,16(17,18)19)11-14(22)20-7-10-21-8-3-2-4-9-21/h5-6,23H,2-4,7-11H2,1H3,(H,20,22). The lowest BCUT2D eigenvalue weighted by atomic mass is 9.95. The fraction of sp³-hybridized carbons (Fsp3) is 0.688. The molecule has 0 bridgehead atoms. The number of likely N-dealkylation sites (tertiary alicyclic amines) is 1. The molecule has 0 radical (unpaired) electrons. The highest BCUT2D eigenvalue weighted by atomic mass is 19.4. The number of carbonyl (C=O) groups is 1. The topological polar surface area (TPSA) is 65.7 Å². The van der Waals surface area contributed by atoms with Gasteiger partial charge in [-0.05, 0) is 45.0 Å². The van der Waals surface area contributed by atoms with Gasteiger partial charge in [-0.1, -0.05) is 6.42 Å². The van der Waals surface area contributed by atoms with Crippen LogP contribution in [0.25, 0.3) is 0 Å². The molecule has 8 heteroatoms. The molecule has 1 fully saturated rings. The van der Waals surface area contributed by atoms with Crippen molar-refractivity contribution in [3.05, 3.63) is 23.7 Å². The molecule has 0 saturated carbocycles. The Morgan fingerprint density at radius 3 is 2.50 bits per heavy atom. The maximum absolute atomic E-state index is 13.3. The van der Waals surface area contributed by atoms with Crippen molar-refractivity contribution in [3.63, 3.8) is 0 Å². The summed E-state index contributed by atoms with van der Waals surface area (Å²) < 4.78 is 44.7. The lowest BCUT2D eigenvalue weighted by molar-refractivity contribution is -0.273. The molecule has 1 aromatic rings. The predicted octanol–water partition coefficient (Wildman–Crippen LogP) is 2.33. The number of rotatable bonds is 6. The van der Waals surface area contributed by atoms with Crippen molar-refractivity contribution in [1.29, 1.82) is 0 Å². The largest absolute Gasteiger partial charge is 0.463 e. The van der Waals surface area contributed by atoms with Gasteiger partial charge >= 0.3 is 6.18 Å². The zero-order valence-corrected chi connectivity index (χ0v) is 13.7. The Morgan fingerprint density at radius 2 is 1.96 bits per heavy atom. The van der Waals surface area contributed by atoms with Crippen LogP contribution in [0.2, 0.25) is 0 Å². The summed E-state index contributed by atoms with van der Waals surface area (Å²) >= 11 is 0. The number of hydrogen-bond donors (Lipinski definition) is 2. The first-order chi connectivity index (χ1) is 11.2. The highest BCUT2D eigenvalue weighted by molar-refractivity contribution is 5.77. The van der Waals surface area contributed by atoms with E-state index in [2.05, 4.69) is 10.2 Å². The van der Waals surface area contributed by atoms with Gasteiger partial charge in [-0.25, -0.2) is 0 Å². The van der Waals surface area contributed by atoms with Gasteiger partial charge in [0.15, 0.2) is 0 Å². The molecule has 0 aromatic carbocycles. The van der Waals surface area contributed by atoms with Crippen LogP contribution < -0.4 is 5.32 Å². The number of nitrogens with one attached hydrogen (secondary N) is 1.